The minimum Gasteiger partial charge on any atom is -0.497 e. The average molecular weight is 450 g/mol. The van der Waals surface area contributed by atoms with Gasteiger partial charge in [-0.25, -0.2) is 9.59 Å². The van der Waals surface area contributed by atoms with Crippen LogP contribution in [0.5, 0.6) is 5.75 Å². The number of hydrogen-bond donors (Lipinski definition) is 2. The Bertz CT molecular complexity index is 1030. The van der Waals surface area contributed by atoms with Crippen molar-refractivity contribution in [3.8, 4) is 5.75 Å². The molecule has 1 fully saturated rings. The van der Waals surface area contributed by atoms with Crippen molar-refractivity contribution in [1.29, 1.82) is 0 Å². The molecule has 2 aromatic rings. The number of methoxy groups -OCH3 is 1. The van der Waals surface area contributed by atoms with Gasteiger partial charge in [0.1, 0.15) is 5.75 Å². The highest BCUT2D eigenvalue weighted by molar-refractivity contribution is 5.95. The van der Waals surface area contributed by atoms with Crippen LogP contribution in [-0.2, 0) is 9.53 Å². The minimum absolute atomic E-state index is 0.262. The number of nitrogens with zero attached hydrogens (tertiary/aromatic N) is 1. The molecular formula is C26H31N3O4. The van der Waals surface area contributed by atoms with Crippen LogP contribution >= 0.6 is 0 Å². The van der Waals surface area contributed by atoms with Crippen LogP contribution in [0.4, 0.5) is 4.79 Å². The summed E-state index contributed by atoms with van der Waals surface area (Å²) in [5.74, 6) is 0.724. The number of likely N-dealkylation sites (tertiary alicyclic amines) is 1. The number of esters is 1. The lowest BCUT2D eigenvalue weighted by Crippen LogP contribution is -2.48. The fourth-order valence-corrected chi connectivity index (χ4v) is 4.55. The molecule has 0 unspecified atom stereocenters. The Labute approximate surface area is 194 Å². The number of carbonyl (C=O) groups excluding carboxylic acids is 2. The summed E-state index contributed by atoms with van der Waals surface area (Å²) in [6.45, 7) is 6.39. The first kappa shape index (κ1) is 22.9. The third-order valence-electron chi connectivity index (χ3n) is 6.30. The summed E-state index contributed by atoms with van der Waals surface area (Å²) < 4.78 is 10.6. The van der Waals surface area contributed by atoms with Gasteiger partial charge in [0.25, 0.3) is 0 Å². The predicted molar refractivity (Wildman–Crippen MR) is 126 cm³/mol. The number of amides is 2. The fraction of sp³-hybridized carbons (Fsp3) is 0.385. The Balaban J connectivity index is 1.60. The quantitative estimate of drug-likeness (QED) is 0.631. The van der Waals surface area contributed by atoms with Crippen molar-refractivity contribution in [3.05, 3.63) is 76.5 Å². The number of ether oxygens (including phenoxy) is 2. The number of hydrogen-bond acceptors (Lipinski definition) is 5. The van der Waals surface area contributed by atoms with Crippen LogP contribution in [0.2, 0.25) is 0 Å². The highest BCUT2D eigenvalue weighted by Crippen LogP contribution is 2.32. The maximum atomic E-state index is 13.0. The van der Waals surface area contributed by atoms with Crippen LogP contribution in [0.15, 0.2) is 59.8 Å². The van der Waals surface area contributed by atoms with Crippen LogP contribution in [0, 0.1) is 6.92 Å². The molecular weight excluding hydrogens is 418 g/mol. The van der Waals surface area contributed by atoms with Crippen molar-refractivity contribution in [2.45, 2.75) is 32.2 Å². The van der Waals surface area contributed by atoms with E-state index in [0.29, 0.717) is 29.5 Å². The van der Waals surface area contributed by atoms with Crippen molar-refractivity contribution in [1.82, 2.24) is 15.5 Å². The van der Waals surface area contributed by atoms with E-state index in [4.69, 9.17) is 9.47 Å². The Morgan fingerprint density at radius 1 is 1.09 bits per heavy atom. The van der Waals surface area contributed by atoms with Gasteiger partial charge >= 0.3 is 12.0 Å². The van der Waals surface area contributed by atoms with E-state index < -0.39 is 12.0 Å². The van der Waals surface area contributed by atoms with Gasteiger partial charge in [0.2, 0.25) is 0 Å². The van der Waals surface area contributed by atoms with Crippen molar-refractivity contribution in [3.63, 3.8) is 0 Å². The second-order valence-corrected chi connectivity index (χ2v) is 8.55. The van der Waals surface area contributed by atoms with Crippen molar-refractivity contribution < 1.29 is 19.1 Å². The molecule has 7 heteroatoms. The Kier molecular flexibility index (Phi) is 6.99. The molecule has 0 spiro atoms. The van der Waals surface area contributed by atoms with E-state index in [1.54, 1.807) is 14.0 Å². The zero-order valence-corrected chi connectivity index (χ0v) is 19.4. The van der Waals surface area contributed by atoms with Crippen LogP contribution in [0.1, 0.15) is 42.0 Å². The Hall–Kier alpha value is -3.32. The van der Waals surface area contributed by atoms with Gasteiger partial charge < -0.3 is 20.1 Å². The first-order valence-corrected chi connectivity index (χ1v) is 11.4. The Morgan fingerprint density at radius 3 is 2.45 bits per heavy atom. The number of urea groups is 1. The first-order valence-electron chi connectivity index (χ1n) is 11.4. The summed E-state index contributed by atoms with van der Waals surface area (Å²) in [5.41, 5.74) is 4.42. The molecule has 0 aliphatic carbocycles. The second kappa shape index (κ2) is 10.1. The van der Waals surface area contributed by atoms with E-state index in [1.165, 1.54) is 11.1 Å². The zero-order valence-electron chi connectivity index (χ0n) is 19.4. The molecule has 2 atom stereocenters. The number of aryl methyl sites for hydroxylation is 1. The minimum atomic E-state index is -0.589. The zero-order chi connectivity index (χ0) is 23.4. The normalized spacial score (nSPS) is 20.9. The van der Waals surface area contributed by atoms with E-state index >= 15 is 0 Å². The molecule has 0 radical (unpaired) electrons. The summed E-state index contributed by atoms with van der Waals surface area (Å²) in [5, 5.41) is 5.77. The smallest absolute Gasteiger partial charge is 0.338 e. The molecule has 0 bridgehead atoms. The van der Waals surface area contributed by atoms with Crippen molar-refractivity contribution >= 4 is 12.0 Å². The summed E-state index contributed by atoms with van der Waals surface area (Å²) in [7, 11) is 1.60. The monoisotopic (exact) mass is 449 g/mol. The summed E-state index contributed by atoms with van der Waals surface area (Å²) >= 11 is 0. The van der Waals surface area contributed by atoms with Gasteiger partial charge in [-0.2, -0.15) is 0 Å². The maximum absolute atomic E-state index is 13.0. The molecule has 4 rings (SSSR count). The lowest BCUT2D eigenvalue weighted by Gasteiger charge is -2.31. The fourth-order valence-electron chi connectivity index (χ4n) is 4.55. The highest BCUT2D eigenvalue weighted by atomic mass is 16.5. The molecule has 2 aliphatic heterocycles. The van der Waals surface area contributed by atoms with Crippen LogP contribution in [0.25, 0.3) is 0 Å². The van der Waals surface area contributed by atoms with Crippen molar-refractivity contribution in [2.24, 2.45) is 0 Å². The molecule has 174 valence electrons. The number of carbonyl (C=O) groups is 2. The molecule has 2 N–H and O–H groups in total. The van der Waals surface area contributed by atoms with Crippen LogP contribution < -0.4 is 15.4 Å². The third kappa shape index (κ3) is 5.20. The SMILES string of the molecule is CCOC(=O)C1=C(CN2CC[C@H](c3ccc(C)cc3)C2)NC(=O)N[C@H]1c1ccc(OC)cc1. The molecule has 1 saturated heterocycles. The molecule has 33 heavy (non-hydrogen) atoms. The second-order valence-electron chi connectivity index (χ2n) is 8.55. The molecule has 0 saturated carbocycles. The van der Waals surface area contributed by atoms with Gasteiger partial charge in [-0.1, -0.05) is 42.0 Å². The topological polar surface area (TPSA) is 79.9 Å². The van der Waals surface area contributed by atoms with Gasteiger partial charge in [0, 0.05) is 18.8 Å². The lowest BCUT2D eigenvalue weighted by atomic mass is 9.95. The van der Waals surface area contributed by atoms with Gasteiger partial charge in [-0.15, -0.1) is 0 Å². The van der Waals surface area contributed by atoms with Gasteiger partial charge in [-0.3, -0.25) is 4.90 Å². The van der Waals surface area contributed by atoms with Crippen LogP contribution in [-0.4, -0.2) is 50.3 Å². The summed E-state index contributed by atoms with van der Waals surface area (Å²) in [6, 6.07) is 15.1. The number of nitrogens with one attached hydrogen (secondary N) is 2. The standard InChI is InChI=1S/C26H31N3O4/c1-4-33-25(30)23-22(16-29-14-13-20(15-29)18-7-5-17(2)6-8-18)27-26(31)28-24(23)19-9-11-21(32-3)12-10-19/h5-12,20,24H,4,13-16H2,1-3H3,(H2,27,28,31)/t20-,24-/m0/s1. The van der Waals surface area contributed by atoms with E-state index in [2.05, 4.69) is 46.7 Å². The van der Waals surface area contributed by atoms with E-state index in [1.807, 2.05) is 24.3 Å². The average Bonchev–Trinajstić information content (AvgIpc) is 3.27. The van der Waals surface area contributed by atoms with Crippen molar-refractivity contribution in [2.75, 3.05) is 33.4 Å². The van der Waals surface area contributed by atoms with E-state index in [9.17, 15) is 9.59 Å². The molecule has 2 heterocycles. The number of benzene rings is 2. The number of rotatable bonds is 7. The first-order chi connectivity index (χ1) is 16.0. The van der Waals surface area contributed by atoms with Gasteiger partial charge in [0.15, 0.2) is 0 Å². The Morgan fingerprint density at radius 2 is 1.79 bits per heavy atom. The van der Waals surface area contributed by atoms with Gasteiger partial charge in [0.05, 0.1) is 25.3 Å². The largest absolute Gasteiger partial charge is 0.497 e. The van der Waals surface area contributed by atoms with Gasteiger partial charge in [-0.05, 0) is 56.0 Å². The molecule has 2 aliphatic rings. The highest BCUT2D eigenvalue weighted by Gasteiger charge is 2.35. The molecule has 0 aromatic heterocycles. The molecule has 7 nitrogen and oxygen atoms in total. The maximum Gasteiger partial charge on any atom is 0.338 e. The summed E-state index contributed by atoms with van der Waals surface area (Å²) in [4.78, 5) is 27.8. The lowest BCUT2D eigenvalue weighted by molar-refractivity contribution is -0.139. The van der Waals surface area contributed by atoms with E-state index in [0.717, 1.165) is 25.1 Å². The third-order valence-corrected chi connectivity index (χ3v) is 6.30. The van der Waals surface area contributed by atoms with Crippen LogP contribution in [0.3, 0.4) is 0 Å². The summed E-state index contributed by atoms with van der Waals surface area (Å²) in [6.07, 6.45) is 1.04. The molecule has 2 aromatic carbocycles. The predicted octanol–water partition coefficient (Wildman–Crippen LogP) is 3.66. The molecule has 2 amide bonds. The van der Waals surface area contributed by atoms with E-state index in [-0.39, 0.29) is 12.6 Å².